The molecule has 5 heteroatoms. The van der Waals surface area contributed by atoms with Gasteiger partial charge in [-0.2, -0.15) is 0 Å². The van der Waals surface area contributed by atoms with Crippen molar-refractivity contribution in [3.8, 4) is 11.5 Å². The predicted molar refractivity (Wildman–Crippen MR) is 50.2 cm³/mol. The third-order valence-corrected chi connectivity index (χ3v) is 1.87. The molecule has 78 valence electrons. The smallest absolute Gasteiger partial charge is 0.303 e. The van der Waals surface area contributed by atoms with Crippen molar-refractivity contribution in [3.63, 3.8) is 0 Å². The lowest BCUT2D eigenvalue weighted by Gasteiger charge is -1.90. The Balaban J connectivity index is 2.08. The number of aromatic nitrogens is 1. The van der Waals surface area contributed by atoms with Gasteiger partial charge in [-0.15, -0.1) is 0 Å². The number of hydrogen-bond acceptors (Lipinski definition) is 4. The van der Waals surface area contributed by atoms with Crippen LogP contribution in [0.15, 0.2) is 33.4 Å². The number of aryl methyl sites for hydroxylation is 1. The molecule has 0 amide bonds. The van der Waals surface area contributed by atoms with Crippen molar-refractivity contribution in [1.82, 2.24) is 4.98 Å². The van der Waals surface area contributed by atoms with E-state index in [1.165, 1.54) is 12.5 Å². The quantitative estimate of drug-likeness (QED) is 0.829. The zero-order valence-electron chi connectivity index (χ0n) is 7.84. The Morgan fingerprint density at radius 1 is 1.47 bits per heavy atom. The van der Waals surface area contributed by atoms with Crippen LogP contribution in [0.1, 0.15) is 12.3 Å². The molecule has 0 saturated heterocycles. The summed E-state index contributed by atoms with van der Waals surface area (Å²) < 4.78 is 10.4. The maximum absolute atomic E-state index is 10.3. The number of carbonyl (C=O) groups is 1. The summed E-state index contributed by atoms with van der Waals surface area (Å²) in [5, 5.41) is 8.48. The fourth-order valence-corrected chi connectivity index (χ4v) is 1.17. The summed E-state index contributed by atoms with van der Waals surface area (Å²) in [7, 11) is 0. The molecule has 5 nitrogen and oxygen atoms in total. The third kappa shape index (κ3) is 2.25. The summed E-state index contributed by atoms with van der Waals surface area (Å²) >= 11 is 0. The van der Waals surface area contributed by atoms with E-state index >= 15 is 0 Å². The van der Waals surface area contributed by atoms with Gasteiger partial charge >= 0.3 is 5.97 Å². The number of hydrogen-bond donors (Lipinski definition) is 1. The highest BCUT2D eigenvalue weighted by atomic mass is 16.4. The van der Waals surface area contributed by atoms with Crippen LogP contribution >= 0.6 is 0 Å². The van der Waals surface area contributed by atoms with E-state index in [4.69, 9.17) is 13.9 Å². The van der Waals surface area contributed by atoms with Crippen molar-refractivity contribution in [1.29, 1.82) is 0 Å². The lowest BCUT2D eigenvalue weighted by atomic mass is 10.3. The first-order chi connectivity index (χ1) is 7.25. The van der Waals surface area contributed by atoms with Gasteiger partial charge in [0, 0.05) is 6.42 Å². The molecule has 0 aromatic carbocycles. The molecule has 0 fully saturated rings. The molecular formula is C10H9NO4. The van der Waals surface area contributed by atoms with E-state index in [0.29, 0.717) is 17.4 Å². The van der Waals surface area contributed by atoms with Crippen LogP contribution in [-0.4, -0.2) is 16.1 Å². The molecule has 2 rings (SSSR count). The van der Waals surface area contributed by atoms with E-state index in [1.54, 1.807) is 12.1 Å². The van der Waals surface area contributed by atoms with Gasteiger partial charge in [-0.25, -0.2) is 4.98 Å². The minimum absolute atomic E-state index is 0.0120. The molecule has 0 aliphatic rings. The van der Waals surface area contributed by atoms with Crippen molar-refractivity contribution in [2.24, 2.45) is 0 Å². The largest absolute Gasteiger partial charge is 0.481 e. The highest BCUT2D eigenvalue weighted by molar-refractivity contribution is 5.66. The molecule has 1 N–H and O–H groups in total. The van der Waals surface area contributed by atoms with Crippen LogP contribution in [0.5, 0.6) is 0 Å². The highest BCUT2D eigenvalue weighted by Crippen LogP contribution is 2.20. The second-order valence-electron chi connectivity index (χ2n) is 2.99. The van der Waals surface area contributed by atoms with E-state index in [1.807, 2.05) is 0 Å². The number of carboxylic acids is 1. The van der Waals surface area contributed by atoms with Crippen molar-refractivity contribution < 1.29 is 18.7 Å². The summed E-state index contributed by atoms with van der Waals surface area (Å²) in [6.45, 7) is 0. The second-order valence-corrected chi connectivity index (χ2v) is 2.99. The van der Waals surface area contributed by atoms with Crippen LogP contribution in [0.2, 0.25) is 0 Å². The van der Waals surface area contributed by atoms with Crippen molar-refractivity contribution in [2.45, 2.75) is 12.8 Å². The van der Waals surface area contributed by atoms with Gasteiger partial charge in [0.25, 0.3) is 0 Å². The Hall–Kier alpha value is -2.04. The Morgan fingerprint density at radius 2 is 2.33 bits per heavy atom. The first kappa shape index (κ1) is 9.51. The van der Waals surface area contributed by atoms with Crippen LogP contribution in [0, 0.1) is 0 Å². The average molecular weight is 207 g/mol. The first-order valence-electron chi connectivity index (χ1n) is 4.46. The summed E-state index contributed by atoms with van der Waals surface area (Å²) in [5.41, 5.74) is 0. The highest BCUT2D eigenvalue weighted by Gasteiger charge is 2.09. The van der Waals surface area contributed by atoms with Gasteiger partial charge in [0.15, 0.2) is 17.4 Å². The Labute approximate surface area is 85.3 Å². The molecule has 0 aliphatic carbocycles. The second kappa shape index (κ2) is 4.00. The minimum Gasteiger partial charge on any atom is -0.481 e. The van der Waals surface area contributed by atoms with E-state index in [2.05, 4.69) is 4.98 Å². The summed E-state index contributed by atoms with van der Waals surface area (Å²) in [4.78, 5) is 14.3. The topological polar surface area (TPSA) is 76.5 Å². The van der Waals surface area contributed by atoms with Gasteiger partial charge in [-0.1, -0.05) is 0 Å². The van der Waals surface area contributed by atoms with E-state index < -0.39 is 5.97 Å². The molecule has 2 aromatic rings. The molecule has 0 unspecified atom stereocenters. The van der Waals surface area contributed by atoms with E-state index in [0.717, 1.165) is 0 Å². The third-order valence-electron chi connectivity index (χ3n) is 1.87. The molecule has 0 bridgehead atoms. The first-order valence-corrected chi connectivity index (χ1v) is 4.46. The maximum Gasteiger partial charge on any atom is 0.303 e. The normalized spacial score (nSPS) is 10.4. The fourth-order valence-electron chi connectivity index (χ4n) is 1.17. The van der Waals surface area contributed by atoms with Crippen molar-refractivity contribution in [3.05, 3.63) is 30.5 Å². The lowest BCUT2D eigenvalue weighted by Crippen LogP contribution is -1.97. The van der Waals surface area contributed by atoms with Crippen LogP contribution < -0.4 is 0 Å². The number of rotatable bonds is 4. The summed E-state index contributed by atoms with van der Waals surface area (Å²) in [6, 6.07) is 3.50. The molecule has 0 saturated carbocycles. The zero-order valence-corrected chi connectivity index (χ0v) is 7.84. The minimum atomic E-state index is -0.868. The van der Waals surface area contributed by atoms with Gasteiger partial charge in [0.05, 0.1) is 18.9 Å². The Morgan fingerprint density at radius 3 is 3.00 bits per heavy atom. The number of aliphatic carboxylic acids is 1. The van der Waals surface area contributed by atoms with Crippen LogP contribution in [0.3, 0.4) is 0 Å². The van der Waals surface area contributed by atoms with E-state index in [-0.39, 0.29) is 12.8 Å². The average Bonchev–Trinajstić information content (AvgIpc) is 2.85. The van der Waals surface area contributed by atoms with Gasteiger partial charge in [-0.05, 0) is 12.1 Å². The molecule has 15 heavy (non-hydrogen) atoms. The monoisotopic (exact) mass is 207 g/mol. The number of oxazole rings is 1. The SMILES string of the molecule is O=C(O)CCc1ncc(-c2ccco2)o1. The van der Waals surface area contributed by atoms with E-state index in [9.17, 15) is 4.79 Å². The fraction of sp³-hybridized carbons (Fsp3) is 0.200. The Bertz CT molecular complexity index is 444. The number of furan rings is 1. The standard InChI is InChI=1S/C10H9NO4/c12-10(13)4-3-9-11-6-8(15-9)7-2-1-5-14-7/h1-2,5-6H,3-4H2,(H,12,13). The van der Waals surface area contributed by atoms with Gasteiger partial charge in [-0.3, -0.25) is 4.79 Å². The van der Waals surface area contributed by atoms with Crippen LogP contribution in [-0.2, 0) is 11.2 Å². The molecule has 0 atom stereocenters. The van der Waals surface area contributed by atoms with Crippen LogP contribution in [0.25, 0.3) is 11.5 Å². The number of nitrogens with zero attached hydrogens (tertiary/aromatic N) is 1. The van der Waals surface area contributed by atoms with Gasteiger partial charge < -0.3 is 13.9 Å². The predicted octanol–water partition coefficient (Wildman–Crippen LogP) is 1.95. The molecule has 2 heterocycles. The molecule has 0 radical (unpaired) electrons. The molecule has 2 aromatic heterocycles. The molecule has 0 spiro atoms. The summed E-state index contributed by atoms with van der Waals surface area (Å²) in [6.07, 6.45) is 3.36. The Kier molecular flexibility index (Phi) is 2.53. The summed E-state index contributed by atoms with van der Waals surface area (Å²) in [5.74, 6) is 0.640. The molecule has 0 aliphatic heterocycles. The number of carboxylic acid groups (broad SMARTS) is 1. The van der Waals surface area contributed by atoms with Crippen molar-refractivity contribution in [2.75, 3.05) is 0 Å². The van der Waals surface area contributed by atoms with Crippen LogP contribution in [0.4, 0.5) is 0 Å². The van der Waals surface area contributed by atoms with Crippen molar-refractivity contribution >= 4 is 5.97 Å². The van der Waals surface area contributed by atoms with Gasteiger partial charge in [0.2, 0.25) is 0 Å². The maximum atomic E-state index is 10.3. The lowest BCUT2D eigenvalue weighted by molar-refractivity contribution is -0.137. The zero-order chi connectivity index (χ0) is 10.7. The van der Waals surface area contributed by atoms with Gasteiger partial charge in [0.1, 0.15) is 0 Å². The molecular weight excluding hydrogens is 198 g/mol.